The largest absolute Gasteiger partial charge is 0.378 e. The van der Waals surface area contributed by atoms with Gasteiger partial charge < -0.3 is 9.72 Å². The van der Waals surface area contributed by atoms with Crippen LogP contribution in [0.25, 0.3) is 11.4 Å². The number of aromatic nitrogens is 3. The van der Waals surface area contributed by atoms with Gasteiger partial charge in [0.05, 0.1) is 12.3 Å². The Hall–Kier alpha value is -1.53. The second-order valence-corrected chi connectivity index (χ2v) is 4.79. The van der Waals surface area contributed by atoms with Gasteiger partial charge in [0, 0.05) is 25.1 Å². The first-order chi connectivity index (χ1) is 9.17. The maximum absolute atomic E-state index is 11.9. The fourth-order valence-corrected chi connectivity index (χ4v) is 2.11. The average molecular weight is 324 g/mol. The standard InChI is InChI=1S/C13H14BrN3O2/c1-3-8-6-15-5-4-9(8)12-16-10(7-19-2)11(14)13(18)17-12/h4-6H,3,7H2,1-2H3,(H,16,17,18). The van der Waals surface area contributed by atoms with Gasteiger partial charge in [-0.25, -0.2) is 4.98 Å². The summed E-state index contributed by atoms with van der Waals surface area (Å²) in [5.41, 5.74) is 2.30. The van der Waals surface area contributed by atoms with Gasteiger partial charge in [0.25, 0.3) is 5.56 Å². The summed E-state index contributed by atoms with van der Waals surface area (Å²) in [6.45, 7) is 2.32. The van der Waals surface area contributed by atoms with Crippen molar-refractivity contribution in [2.24, 2.45) is 0 Å². The number of aryl methyl sites for hydroxylation is 1. The molecule has 2 rings (SSSR count). The number of ether oxygens (including phenoxy) is 1. The number of nitrogens with one attached hydrogen (secondary N) is 1. The molecule has 100 valence electrons. The average Bonchev–Trinajstić information content (AvgIpc) is 2.43. The highest BCUT2D eigenvalue weighted by Gasteiger charge is 2.12. The number of hydrogen-bond acceptors (Lipinski definition) is 4. The molecule has 2 aromatic rings. The number of halogens is 1. The molecular weight excluding hydrogens is 310 g/mol. The molecule has 0 aliphatic rings. The van der Waals surface area contributed by atoms with Gasteiger partial charge in [0.15, 0.2) is 0 Å². The van der Waals surface area contributed by atoms with Crippen molar-refractivity contribution in [2.45, 2.75) is 20.0 Å². The molecule has 0 unspecified atom stereocenters. The van der Waals surface area contributed by atoms with E-state index >= 15 is 0 Å². The lowest BCUT2D eigenvalue weighted by atomic mass is 10.1. The van der Waals surface area contributed by atoms with Crippen LogP contribution in [0.3, 0.4) is 0 Å². The number of methoxy groups -OCH3 is 1. The van der Waals surface area contributed by atoms with Crippen LogP contribution in [0.15, 0.2) is 27.7 Å². The fraction of sp³-hybridized carbons (Fsp3) is 0.308. The van der Waals surface area contributed by atoms with E-state index in [1.54, 1.807) is 19.5 Å². The number of nitrogens with zero attached hydrogens (tertiary/aromatic N) is 2. The van der Waals surface area contributed by atoms with E-state index in [1.807, 2.05) is 13.0 Å². The molecule has 0 aliphatic carbocycles. The zero-order chi connectivity index (χ0) is 13.8. The third kappa shape index (κ3) is 2.90. The Kier molecular flexibility index (Phi) is 4.44. The molecule has 1 N–H and O–H groups in total. The van der Waals surface area contributed by atoms with Crippen LogP contribution in [0, 0.1) is 0 Å². The van der Waals surface area contributed by atoms with Crippen molar-refractivity contribution in [3.05, 3.63) is 44.5 Å². The maximum atomic E-state index is 11.9. The van der Waals surface area contributed by atoms with Crippen molar-refractivity contribution < 1.29 is 4.74 Å². The van der Waals surface area contributed by atoms with Gasteiger partial charge in [-0.3, -0.25) is 9.78 Å². The van der Waals surface area contributed by atoms with E-state index in [4.69, 9.17) is 4.74 Å². The van der Waals surface area contributed by atoms with Gasteiger partial charge in [-0.2, -0.15) is 0 Å². The van der Waals surface area contributed by atoms with Crippen LogP contribution in [-0.2, 0) is 17.8 Å². The van der Waals surface area contributed by atoms with Crippen LogP contribution in [0.1, 0.15) is 18.2 Å². The molecule has 0 saturated heterocycles. The Labute approximate surface area is 119 Å². The van der Waals surface area contributed by atoms with Crippen molar-refractivity contribution in [2.75, 3.05) is 7.11 Å². The van der Waals surface area contributed by atoms with E-state index in [2.05, 4.69) is 30.9 Å². The zero-order valence-corrected chi connectivity index (χ0v) is 12.3. The molecule has 0 aliphatic heterocycles. The molecule has 0 bridgehead atoms. The smallest absolute Gasteiger partial charge is 0.265 e. The number of hydrogen-bond donors (Lipinski definition) is 1. The minimum atomic E-state index is -0.212. The van der Waals surface area contributed by atoms with E-state index in [0.29, 0.717) is 16.0 Å². The van der Waals surface area contributed by atoms with Gasteiger partial charge in [-0.15, -0.1) is 0 Å². The Morgan fingerprint density at radius 3 is 2.95 bits per heavy atom. The summed E-state index contributed by atoms with van der Waals surface area (Å²) in [6, 6.07) is 1.85. The molecule has 0 saturated carbocycles. The van der Waals surface area contributed by atoms with Gasteiger partial charge in [-0.05, 0) is 34.0 Å². The number of pyridine rings is 1. The monoisotopic (exact) mass is 323 g/mol. The summed E-state index contributed by atoms with van der Waals surface area (Å²) in [6.07, 6.45) is 4.29. The summed E-state index contributed by atoms with van der Waals surface area (Å²) >= 11 is 3.22. The van der Waals surface area contributed by atoms with Gasteiger partial charge >= 0.3 is 0 Å². The van der Waals surface area contributed by atoms with Crippen LogP contribution >= 0.6 is 15.9 Å². The fourth-order valence-electron chi connectivity index (χ4n) is 1.81. The Morgan fingerprint density at radius 2 is 2.26 bits per heavy atom. The molecule has 0 atom stereocenters. The third-order valence-electron chi connectivity index (χ3n) is 2.75. The van der Waals surface area contributed by atoms with E-state index in [9.17, 15) is 4.79 Å². The Balaban J connectivity index is 2.59. The first kappa shape index (κ1) is 13.9. The van der Waals surface area contributed by atoms with Crippen molar-refractivity contribution in [1.29, 1.82) is 0 Å². The van der Waals surface area contributed by atoms with Gasteiger partial charge in [0.1, 0.15) is 10.3 Å². The lowest BCUT2D eigenvalue weighted by Gasteiger charge is -2.09. The van der Waals surface area contributed by atoms with E-state index in [-0.39, 0.29) is 12.2 Å². The molecular formula is C13H14BrN3O2. The molecule has 0 spiro atoms. The summed E-state index contributed by atoms with van der Waals surface area (Å²) in [7, 11) is 1.57. The minimum Gasteiger partial charge on any atom is -0.378 e. The molecule has 0 aromatic carbocycles. The number of H-pyrrole nitrogens is 1. The molecule has 0 fully saturated rings. The number of aromatic amines is 1. The molecule has 19 heavy (non-hydrogen) atoms. The van der Waals surface area contributed by atoms with Crippen LogP contribution in [0.4, 0.5) is 0 Å². The topological polar surface area (TPSA) is 67.9 Å². The second kappa shape index (κ2) is 6.08. The highest BCUT2D eigenvalue weighted by atomic mass is 79.9. The van der Waals surface area contributed by atoms with Crippen LogP contribution < -0.4 is 5.56 Å². The third-order valence-corrected chi connectivity index (χ3v) is 3.57. The Morgan fingerprint density at radius 1 is 1.47 bits per heavy atom. The van der Waals surface area contributed by atoms with Gasteiger partial charge in [-0.1, -0.05) is 6.92 Å². The van der Waals surface area contributed by atoms with Crippen LogP contribution in [0.2, 0.25) is 0 Å². The van der Waals surface area contributed by atoms with Crippen LogP contribution in [0.5, 0.6) is 0 Å². The Bertz CT molecular complexity index is 640. The molecule has 2 heterocycles. The maximum Gasteiger partial charge on any atom is 0.265 e. The molecule has 2 aromatic heterocycles. The second-order valence-electron chi connectivity index (χ2n) is 3.99. The highest BCUT2D eigenvalue weighted by Crippen LogP contribution is 2.21. The molecule has 0 amide bonds. The normalized spacial score (nSPS) is 10.7. The van der Waals surface area contributed by atoms with Gasteiger partial charge in [0.2, 0.25) is 0 Å². The first-order valence-electron chi connectivity index (χ1n) is 5.88. The predicted molar refractivity (Wildman–Crippen MR) is 75.9 cm³/mol. The lowest BCUT2D eigenvalue weighted by molar-refractivity contribution is 0.180. The molecule has 0 radical (unpaired) electrons. The van der Waals surface area contributed by atoms with Crippen molar-refractivity contribution in [3.8, 4) is 11.4 Å². The van der Waals surface area contributed by atoms with E-state index in [0.717, 1.165) is 17.5 Å². The predicted octanol–water partition coefficient (Wildman–Crippen LogP) is 2.30. The molecule has 5 nitrogen and oxygen atoms in total. The van der Waals surface area contributed by atoms with Crippen molar-refractivity contribution in [3.63, 3.8) is 0 Å². The first-order valence-corrected chi connectivity index (χ1v) is 6.67. The minimum absolute atomic E-state index is 0.212. The quantitative estimate of drug-likeness (QED) is 0.937. The highest BCUT2D eigenvalue weighted by molar-refractivity contribution is 9.10. The lowest BCUT2D eigenvalue weighted by Crippen LogP contribution is -2.14. The number of rotatable bonds is 4. The summed E-state index contributed by atoms with van der Waals surface area (Å²) in [4.78, 5) is 23.2. The molecule has 6 heteroatoms. The van der Waals surface area contributed by atoms with E-state index in [1.165, 1.54) is 0 Å². The van der Waals surface area contributed by atoms with Crippen molar-refractivity contribution in [1.82, 2.24) is 15.0 Å². The van der Waals surface area contributed by atoms with Crippen molar-refractivity contribution >= 4 is 15.9 Å². The zero-order valence-electron chi connectivity index (χ0n) is 10.7. The summed E-state index contributed by atoms with van der Waals surface area (Å²) in [5, 5.41) is 0. The SMILES string of the molecule is CCc1cnccc1-c1nc(COC)c(Br)c(=O)[nH]1. The van der Waals surface area contributed by atoms with E-state index < -0.39 is 0 Å². The summed E-state index contributed by atoms with van der Waals surface area (Å²) < 4.78 is 5.46. The summed E-state index contributed by atoms with van der Waals surface area (Å²) in [5.74, 6) is 0.541. The van der Waals surface area contributed by atoms with Crippen LogP contribution in [-0.4, -0.2) is 22.1 Å².